The van der Waals surface area contributed by atoms with Gasteiger partial charge < -0.3 is 19.5 Å². The maximum atomic E-state index is 13.0. The van der Waals surface area contributed by atoms with Crippen LogP contribution in [-0.4, -0.2) is 47.7 Å². The summed E-state index contributed by atoms with van der Waals surface area (Å²) in [6.45, 7) is 4.32. The van der Waals surface area contributed by atoms with Gasteiger partial charge >= 0.3 is 0 Å². The van der Waals surface area contributed by atoms with Crippen LogP contribution in [0.1, 0.15) is 18.9 Å². The Bertz CT molecular complexity index is 1020. The van der Waals surface area contributed by atoms with Gasteiger partial charge in [0, 0.05) is 31.6 Å². The predicted molar refractivity (Wildman–Crippen MR) is 107 cm³/mol. The Morgan fingerprint density at radius 2 is 2.11 bits per heavy atom. The molecule has 7 heteroatoms. The number of aromatic nitrogens is 1. The molecule has 1 saturated heterocycles. The Kier molecular flexibility index (Phi) is 5.98. The number of benzene rings is 1. The molecule has 1 fully saturated rings. The van der Waals surface area contributed by atoms with Crippen molar-refractivity contribution in [1.29, 1.82) is 5.26 Å². The van der Waals surface area contributed by atoms with Gasteiger partial charge in [0.25, 0.3) is 11.5 Å². The Balaban J connectivity index is 1.93. The molecule has 1 amide bonds. The van der Waals surface area contributed by atoms with Crippen LogP contribution in [0.5, 0.6) is 0 Å². The van der Waals surface area contributed by atoms with Crippen molar-refractivity contribution in [3.8, 4) is 18.4 Å². The molecule has 0 aliphatic carbocycles. The number of fused-ring (bicyclic) bond motifs is 1. The molecule has 3 rings (SSSR count). The monoisotopic (exact) mass is 378 g/mol. The van der Waals surface area contributed by atoms with Gasteiger partial charge in [0.2, 0.25) is 0 Å². The van der Waals surface area contributed by atoms with E-state index in [4.69, 9.17) is 11.2 Å². The van der Waals surface area contributed by atoms with Crippen molar-refractivity contribution in [3.63, 3.8) is 0 Å². The predicted octanol–water partition coefficient (Wildman–Crippen LogP) is 1.56. The lowest BCUT2D eigenvalue weighted by Crippen LogP contribution is -2.56. The van der Waals surface area contributed by atoms with Gasteiger partial charge in [-0.3, -0.25) is 9.59 Å². The highest BCUT2D eigenvalue weighted by Gasteiger charge is 2.31. The van der Waals surface area contributed by atoms with Crippen LogP contribution in [-0.2, 0) is 16.1 Å². The van der Waals surface area contributed by atoms with E-state index < -0.39 is 0 Å². The first-order valence-corrected chi connectivity index (χ1v) is 9.26. The van der Waals surface area contributed by atoms with E-state index >= 15 is 0 Å². The van der Waals surface area contributed by atoms with E-state index in [1.165, 1.54) is 4.90 Å². The largest absolute Gasteiger partial charge is 0.380 e. The quantitative estimate of drug-likeness (QED) is 0.584. The van der Waals surface area contributed by atoms with Crippen molar-refractivity contribution < 1.29 is 9.53 Å². The fourth-order valence-electron chi connectivity index (χ4n) is 3.32. The van der Waals surface area contributed by atoms with Gasteiger partial charge in [-0.05, 0) is 18.4 Å². The molecule has 0 atom stereocenters. The summed E-state index contributed by atoms with van der Waals surface area (Å²) in [5.41, 5.74) is 0.965. The van der Waals surface area contributed by atoms with Crippen molar-refractivity contribution >= 4 is 22.5 Å². The third kappa shape index (κ3) is 3.71. The van der Waals surface area contributed by atoms with Crippen LogP contribution >= 0.6 is 0 Å². The number of carbonyl (C=O) groups excluding carboxylic acids is 1. The number of anilines is 1. The number of nitriles is 1. The van der Waals surface area contributed by atoms with Crippen LogP contribution in [0.4, 0.5) is 5.69 Å². The smallest absolute Gasteiger partial charge is 0.298 e. The Labute approximate surface area is 163 Å². The second-order valence-electron chi connectivity index (χ2n) is 6.64. The second-order valence-corrected chi connectivity index (χ2v) is 6.64. The Morgan fingerprint density at radius 1 is 1.36 bits per heavy atom. The number of hydrogen-bond acceptors (Lipinski definition) is 5. The van der Waals surface area contributed by atoms with Crippen LogP contribution in [0.3, 0.4) is 0 Å². The molecule has 1 aromatic heterocycles. The molecule has 1 aliphatic rings. The minimum Gasteiger partial charge on any atom is -0.380 e. The summed E-state index contributed by atoms with van der Waals surface area (Å²) in [6, 6.07) is 9.45. The molecule has 1 N–H and O–H groups in total. The van der Waals surface area contributed by atoms with Gasteiger partial charge in [0.15, 0.2) is 0 Å². The minimum atomic E-state index is -0.356. The van der Waals surface area contributed by atoms with E-state index in [2.05, 4.69) is 11.2 Å². The molecule has 0 radical (unpaired) electrons. The van der Waals surface area contributed by atoms with Crippen molar-refractivity contribution in [1.82, 2.24) is 9.47 Å². The third-order valence-corrected chi connectivity index (χ3v) is 4.73. The van der Waals surface area contributed by atoms with E-state index in [0.29, 0.717) is 38.5 Å². The summed E-state index contributed by atoms with van der Waals surface area (Å²) in [7, 11) is 0. The van der Waals surface area contributed by atoms with Crippen LogP contribution in [0.25, 0.3) is 10.9 Å². The van der Waals surface area contributed by atoms with Crippen molar-refractivity contribution in [3.05, 3.63) is 40.2 Å². The Hall–Kier alpha value is -3.29. The normalized spacial score (nSPS) is 13.6. The number of para-hydroxylation sites is 1. The molecule has 7 nitrogen and oxygen atoms in total. The van der Waals surface area contributed by atoms with Crippen LogP contribution in [0.2, 0.25) is 0 Å². The number of pyridine rings is 1. The lowest BCUT2D eigenvalue weighted by atomic mass is 10.0. The highest BCUT2D eigenvalue weighted by Crippen LogP contribution is 2.27. The number of likely N-dealkylation sites (tertiary alicyclic amines) is 1. The van der Waals surface area contributed by atoms with E-state index in [9.17, 15) is 14.9 Å². The first kappa shape index (κ1) is 19.5. The fraction of sp³-hybridized carbons (Fsp3) is 0.381. The average Bonchev–Trinajstić information content (AvgIpc) is 2.68. The molecule has 28 heavy (non-hydrogen) atoms. The van der Waals surface area contributed by atoms with Crippen molar-refractivity contribution in [2.75, 3.05) is 31.6 Å². The molecule has 0 bridgehead atoms. The first-order chi connectivity index (χ1) is 13.6. The molecule has 0 unspecified atom stereocenters. The van der Waals surface area contributed by atoms with Gasteiger partial charge in [-0.25, -0.2) is 0 Å². The maximum Gasteiger partial charge on any atom is 0.298 e. The SMILES string of the molecule is C#CC(=O)N1CC(Nc2c(C#N)c(=O)n(CCOCCC)c3ccccc23)C1. The number of terminal acetylenes is 1. The van der Waals surface area contributed by atoms with Crippen LogP contribution in [0, 0.1) is 23.7 Å². The molecule has 0 saturated carbocycles. The summed E-state index contributed by atoms with van der Waals surface area (Å²) < 4.78 is 7.11. The zero-order chi connectivity index (χ0) is 20.1. The van der Waals surface area contributed by atoms with Crippen LogP contribution in [0.15, 0.2) is 29.1 Å². The number of carbonyl (C=O) groups is 1. The maximum absolute atomic E-state index is 13.0. The summed E-state index contributed by atoms with van der Waals surface area (Å²) in [5.74, 6) is 1.73. The number of amides is 1. The molecule has 2 aromatic rings. The fourth-order valence-corrected chi connectivity index (χ4v) is 3.32. The van der Waals surface area contributed by atoms with E-state index in [-0.39, 0.29) is 23.1 Å². The number of ether oxygens (including phenoxy) is 1. The number of nitrogens with one attached hydrogen (secondary N) is 1. The topological polar surface area (TPSA) is 87.4 Å². The summed E-state index contributed by atoms with van der Waals surface area (Å²) in [6.07, 6.45) is 6.04. The van der Waals surface area contributed by atoms with Crippen LogP contribution < -0.4 is 10.9 Å². The van der Waals surface area contributed by atoms with E-state index in [1.807, 2.05) is 37.3 Å². The minimum absolute atomic E-state index is 0.0593. The molecule has 144 valence electrons. The van der Waals surface area contributed by atoms with Gasteiger partial charge in [0.05, 0.1) is 23.9 Å². The lowest BCUT2D eigenvalue weighted by Gasteiger charge is -2.39. The van der Waals surface area contributed by atoms with Gasteiger partial charge in [0.1, 0.15) is 11.6 Å². The highest BCUT2D eigenvalue weighted by molar-refractivity contribution is 5.95. The zero-order valence-corrected chi connectivity index (χ0v) is 15.8. The molecule has 1 aliphatic heterocycles. The number of hydrogen-bond donors (Lipinski definition) is 1. The summed E-state index contributed by atoms with van der Waals surface area (Å²) >= 11 is 0. The molecule has 1 aromatic carbocycles. The molecular formula is C21H22N4O3. The lowest BCUT2D eigenvalue weighted by molar-refractivity contribution is -0.128. The van der Waals surface area contributed by atoms with Gasteiger partial charge in [-0.2, -0.15) is 5.26 Å². The molecule has 2 heterocycles. The molecular weight excluding hydrogens is 356 g/mol. The number of nitrogens with zero attached hydrogens (tertiary/aromatic N) is 3. The first-order valence-electron chi connectivity index (χ1n) is 9.26. The average molecular weight is 378 g/mol. The van der Waals surface area contributed by atoms with E-state index in [1.54, 1.807) is 4.57 Å². The number of rotatable bonds is 7. The zero-order valence-electron chi connectivity index (χ0n) is 15.8. The second kappa shape index (κ2) is 8.60. The Morgan fingerprint density at radius 3 is 2.79 bits per heavy atom. The van der Waals surface area contributed by atoms with Crippen molar-refractivity contribution in [2.24, 2.45) is 0 Å². The highest BCUT2D eigenvalue weighted by atomic mass is 16.5. The standard InChI is InChI=1S/C21H22N4O3/c1-3-10-28-11-9-25-18-8-6-5-7-16(18)20(17(12-22)21(25)27)23-15-13-24(14-15)19(26)4-2/h2,5-8,15,23H,3,9-11,13-14H2,1H3. The van der Waals surface area contributed by atoms with Crippen molar-refractivity contribution in [2.45, 2.75) is 25.9 Å². The summed E-state index contributed by atoms with van der Waals surface area (Å²) in [4.78, 5) is 26.0. The van der Waals surface area contributed by atoms with Gasteiger partial charge in [-0.1, -0.05) is 25.1 Å². The van der Waals surface area contributed by atoms with Gasteiger partial charge in [-0.15, -0.1) is 6.42 Å². The molecule has 0 spiro atoms. The van der Waals surface area contributed by atoms with E-state index in [0.717, 1.165) is 17.3 Å². The third-order valence-electron chi connectivity index (χ3n) is 4.73. The summed E-state index contributed by atoms with van der Waals surface area (Å²) in [5, 5.41) is 13.7.